The maximum atomic E-state index is 11.9. The summed E-state index contributed by atoms with van der Waals surface area (Å²) in [6, 6.07) is -0.262. The fraction of sp³-hybridized carbons (Fsp3) is 0.857. The molecule has 0 aromatic heterocycles. The van der Waals surface area contributed by atoms with Gasteiger partial charge in [-0.25, -0.2) is 0 Å². The number of rotatable bonds is 2. The van der Waals surface area contributed by atoms with Crippen LogP contribution >= 0.6 is 0 Å². The molecule has 0 bridgehead atoms. The summed E-state index contributed by atoms with van der Waals surface area (Å²) in [5, 5.41) is 2.19. The van der Waals surface area contributed by atoms with Crippen molar-refractivity contribution in [1.29, 1.82) is 0 Å². The smallest absolute Gasteiger partial charge is 0.353 e. The van der Waals surface area contributed by atoms with Gasteiger partial charge in [0.2, 0.25) is 5.91 Å². The van der Waals surface area contributed by atoms with E-state index in [-0.39, 0.29) is 6.04 Å². The third-order valence-electron chi connectivity index (χ3n) is 1.32. The fourth-order valence-electron chi connectivity index (χ4n) is 0.558. The lowest BCUT2D eigenvalue weighted by atomic mass is 10.1. The summed E-state index contributed by atoms with van der Waals surface area (Å²) in [4.78, 5) is 10.8. The van der Waals surface area contributed by atoms with Crippen LogP contribution in [-0.4, -0.2) is 18.1 Å². The lowest BCUT2D eigenvalue weighted by Gasteiger charge is -2.16. The molecule has 0 radical (unpaired) electrons. The van der Waals surface area contributed by atoms with Crippen LogP contribution in [0.3, 0.4) is 0 Å². The van der Waals surface area contributed by atoms with Crippen LogP contribution in [0.2, 0.25) is 0 Å². The standard InChI is InChI=1S/C7H12F3NO/c1-4(2)11-6(12)5(3)7(8,9)10/h4-5H,1-3H3,(H,11,12)/t5-/m1/s1. The minimum Gasteiger partial charge on any atom is -0.353 e. The zero-order valence-electron chi connectivity index (χ0n) is 7.20. The molecule has 5 heteroatoms. The van der Waals surface area contributed by atoms with Crippen LogP contribution in [0.1, 0.15) is 20.8 Å². The first-order valence-electron chi connectivity index (χ1n) is 3.62. The molecule has 0 spiro atoms. The van der Waals surface area contributed by atoms with Gasteiger partial charge in [0, 0.05) is 6.04 Å². The number of nitrogens with one attached hydrogen (secondary N) is 1. The number of alkyl halides is 3. The predicted molar refractivity (Wildman–Crippen MR) is 38.5 cm³/mol. The summed E-state index contributed by atoms with van der Waals surface area (Å²) >= 11 is 0. The molecule has 0 aliphatic heterocycles. The van der Waals surface area contributed by atoms with Crippen molar-refractivity contribution in [2.75, 3.05) is 0 Å². The van der Waals surface area contributed by atoms with Crippen LogP contribution in [0.4, 0.5) is 13.2 Å². The zero-order chi connectivity index (χ0) is 9.94. The Labute approximate surface area is 69.1 Å². The third-order valence-corrected chi connectivity index (χ3v) is 1.32. The molecule has 0 fully saturated rings. The van der Waals surface area contributed by atoms with Crippen molar-refractivity contribution in [1.82, 2.24) is 5.32 Å². The molecule has 1 N–H and O–H groups in total. The van der Waals surface area contributed by atoms with E-state index in [0.29, 0.717) is 0 Å². The van der Waals surface area contributed by atoms with Gasteiger partial charge < -0.3 is 5.32 Å². The van der Waals surface area contributed by atoms with Crippen LogP contribution in [0, 0.1) is 5.92 Å². The van der Waals surface area contributed by atoms with E-state index in [1.54, 1.807) is 13.8 Å². The average Bonchev–Trinajstić information content (AvgIpc) is 1.82. The summed E-state index contributed by atoms with van der Waals surface area (Å²) in [5.41, 5.74) is 0. The summed E-state index contributed by atoms with van der Waals surface area (Å²) < 4.78 is 35.7. The van der Waals surface area contributed by atoms with E-state index < -0.39 is 18.0 Å². The maximum absolute atomic E-state index is 11.9. The number of hydrogen-bond acceptors (Lipinski definition) is 1. The minimum atomic E-state index is -4.45. The van der Waals surface area contributed by atoms with Crippen molar-refractivity contribution in [3.05, 3.63) is 0 Å². The molecule has 12 heavy (non-hydrogen) atoms. The topological polar surface area (TPSA) is 29.1 Å². The summed E-state index contributed by atoms with van der Waals surface area (Å²) in [6.45, 7) is 4.07. The number of hydrogen-bond donors (Lipinski definition) is 1. The molecule has 0 saturated heterocycles. The summed E-state index contributed by atoms with van der Waals surface area (Å²) in [7, 11) is 0. The normalized spacial score (nSPS) is 14.6. The Bertz CT molecular complexity index is 165. The molecule has 0 rings (SSSR count). The van der Waals surface area contributed by atoms with Crippen LogP contribution < -0.4 is 5.32 Å². The summed E-state index contributed by atoms with van der Waals surface area (Å²) in [5.74, 6) is -2.91. The van der Waals surface area contributed by atoms with Crippen LogP contribution in [-0.2, 0) is 4.79 Å². The number of carbonyl (C=O) groups excluding carboxylic acids is 1. The first kappa shape index (κ1) is 11.3. The average molecular weight is 183 g/mol. The van der Waals surface area contributed by atoms with E-state index in [1.807, 2.05) is 0 Å². The van der Waals surface area contributed by atoms with E-state index in [9.17, 15) is 18.0 Å². The van der Waals surface area contributed by atoms with E-state index >= 15 is 0 Å². The predicted octanol–water partition coefficient (Wildman–Crippen LogP) is 1.71. The van der Waals surface area contributed by atoms with Crippen LogP contribution in [0.5, 0.6) is 0 Å². The molecule has 2 nitrogen and oxygen atoms in total. The molecular weight excluding hydrogens is 171 g/mol. The first-order valence-corrected chi connectivity index (χ1v) is 3.62. The van der Waals surface area contributed by atoms with Gasteiger partial charge in [-0.15, -0.1) is 0 Å². The number of carbonyl (C=O) groups is 1. The summed E-state index contributed by atoms with van der Waals surface area (Å²) in [6.07, 6.45) is -4.45. The number of amides is 1. The molecule has 0 aliphatic carbocycles. The SMILES string of the molecule is CC(C)NC(=O)[C@@H](C)C(F)(F)F. The second-order valence-electron chi connectivity index (χ2n) is 2.93. The molecule has 0 aromatic carbocycles. The van der Waals surface area contributed by atoms with E-state index in [4.69, 9.17) is 0 Å². The van der Waals surface area contributed by atoms with Gasteiger partial charge in [-0.3, -0.25) is 4.79 Å². The highest BCUT2D eigenvalue weighted by molar-refractivity contribution is 5.79. The quantitative estimate of drug-likeness (QED) is 0.693. The van der Waals surface area contributed by atoms with Gasteiger partial charge >= 0.3 is 6.18 Å². The molecule has 0 aromatic rings. The van der Waals surface area contributed by atoms with Crippen molar-refractivity contribution < 1.29 is 18.0 Å². The Morgan fingerprint density at radius 1 is 1.25 bits per heavy atom. The lowest BCUT2D eigenvalue weighted by molar-refractivity contribution is -0.179. The van der Waals surface area contributed by atoms with Crippen molar-refractivity contribution in [3.8, 4) is 0 Å². The number of halogens is 3. The largest absolute Gasteiger partial charge is 0.400 e. The van der Waals surface area contributed by atoms with Gasteiger partial charge in [0.15, 0.2) is 0 Å². The van der Waals surface area contributed by atoms with Crippen molar-refractivity contribution in [2.24, 2.45) is 5.92 Å². The van der Waals surface area contributed by atoms with Crippen molar-refractivity contribution in [2.45, 2.75) is 33.0 Å². The van der Waals surface area contributed by atoms with Gasteiger partial charge in [-0.2, -0.15) is 13.2 Å². The molecule has 72 valence electrons. The maximum Gasteiger partial charge on any atom is 0.400 e. The first-order chi connectivity index (χ1) is 5.25. The lowest BCUT2D eigenvalue weighted by Crippen LogP contribution is -2.40. The zero-order valence-corrected chi connectivity index (χ0v) is 7.20. The van der Waals surface area contributed by atoms with E-state index in [2.05, 4.69) is 5.32 Å². The molecule has 1 amide bonds. The van der Waals surface area contributed by atoms with E-state index in [0.717, 1.165) is 6.92 Å². The second-order valence-corrected chi connectivity index (χ2v) is 2.93. The monoisotopic (exact) mass is 183 g/mol. The highest BCUT2D eigenvalue weighted by Crippen LogP contribution is 2.25. The Hall–Kier alpha value is -0.740. The third kappa shape index (κ3) is 3.59. The molecule has 0 saturated carbocycles. The molecule has 0 heterocycles. The Morgan fingerprint density at radius 3 is 1.92 bits per heavy atom. The minimum absolute atomic E-state index is 0.262. The molecule has 0 aliphatic rings. The van der Waals surface area contributed by atoms with Crippen molar-refractivity contribution in [3.63, 3.8) is 0 Å². The van der Waals surface area contributed by atoms with E-state index in [1.165, 1.54) is 0 Å². The van der Waals surface area contributed by atoms with Gasteiger partial charge in [0.1, 0.15) is 5.92 Å². The molecule has 1 atom stereocenters. The molecule has 0 unspecified atom stereocenters. The second kappa shape index (κ2) is 3.78. The highest BCUT2D eigenvalue weighted by atomic mass is 19.4. The van der Waals surface area contributed by atoms with Crippen LogP contribution in [0.15, 0.2) is 0 Å². The fourth-order valence-corrected chi connectivity index (χ4v) is 0.558. The molecular formula is C7H12F3NO. The van der Waals surface area contributed by atoms with Crippen molar-refractivity contribution >= 4 is 5.91 Å². The van der Waals surface area contributed by atoms with Gasteiger partial charge in [-0.05, 0) is 20.8 Å². The Balaban J connectivity index is 4.12. The highest BCUT2D eigenvalue weighted by Gasteiger charge is 2.41. The van der Waals surface area contributed by atoms with Crippen LogP contribution in [0.25, 0.3) is 0 Å². The van der Waals surface area contributed by atoms with Gasteiger partial charge in [0.05, 0.1) is 0 Å². The van der Waals surface area contributed by atoms with Gasteiger partial charge in [0.25, 0.3) is 0 Å². The Morgan fingerprint density at radius 2 is 1.67 bits per heavy atom. The Kier molecular flexibility index (Phi) is 3.55. The van der Waals surface area contributed by atoms with Gasteiger partial charge in [-0.1, -0.05) is 0 Å².